The van der Waals surface area contributed by atoms with Crippen molar-refractivity contribution in [2.24, 2.45) is 0 Å². The van der Waals surface area contributed by atoms with E-state index in [1.807, 2.05) is 25.2 Å². The van der Waals surface area contributed by atoms with Crippen LogP contribution >= 0.6 is 0 Å². The molecule has 2 N–H and O–H groups in total. The van der Waals surface area contributed by atoms with Gasteiger partial charge in [-0.05, 0) is 17.2 Å². The van der Waals surface area contributed by atoms with Gasteiger partial charge in [0, 0.05) is 19.3 Å². The molecule has 0 bridgehead atoms. The van der Waals surface area contributed by atoms with Gasteiger partial charge in [0.25, 0.3) is 0 Å². The summed E-state index contributed by atoms with van der Waals surface area (Å²) < 4.78 is 0. The summed E-state index contributed by atoms with van der Waals surface area (Å²) in [5.41, 5.74) is 8.69. The molecule has 1 amide bonds. The minimum absolute atomic E-state index is 0.144. The first-order chi connectivity index (χ1) is 6.18. The van der Waals surface area contributed by atoms with Gasteiger partial charge in [0.15, 0.2) is 0 Å². The van der Waals surface area contributed by atoms with Gasteiger partial charge in [0.2, 0.25) is 5.91 Å². The highest BCUT2D eigenvalue weighted by Crippen LogP contribution is 2.23. The fourth-order valence-electron chi connectivity index (χ4n) is 1.65. The first-order valence-corrected chi connectivity index (χ1v) is 4.28. The minimum Gasteiger partial charge on any atom is -0.398 e. The summed E-state index contributed by atoms with van der Waals surface area (Å²) in [7, 11) is 1.81. The van der Waals surface area contributed by atoms with E-state index in [2.05, 4.69) is 0 Å². The number of nitrogens with zero attached hydrogens (tertiary/aromatic N) is 1. The Morgan fingerprint density at radius 1 is 1.46 bits per heavy atom. The predicted octanol–water partition coefficient (Wildman–Crippen LogP) is 0.783. The van der Waals surface area contributed by atoms with Crippen LogP contribution < -0.4 is 5.73 Å². The number of anilines is 1. The SMILES string of the molecule is CN1Cc2cccc(N)c2CC1=O. The highest BCUT2D eigenvalue weighted by Gasteiger charge is 2.20. The Morgan fingerprint density at radius 2 is 2.23 bits per heavy atom. The third-order valence-corrected chi connectivity index (χ3v) is 2.47. The first-order valence-electron chi connectivity index (χ1n) is 4.28. The number of likely N-dealkylation sites (N-methyl/N-ethyl adjacent to an activating group) is 1. The monoisotopic (exact) mass is 176 g/mol. The number of hydrogen-bond acceptors (Lipinski definition) is 2. The normalized spacial score (nSPS) is 15.8. The molecule has 0 fully saturated rings. The lowest BCUT2D eigenvalue weighted by Gasteiger charge is -2.25. The van der Waals surface area contributed by atoms with E-state index in [0.29, 0.717) is 13.0 Å². The molecule has 1 aromatic rings. The van der Waals surface area contributed by atoms with Crippen molar-refractivity contribution in [3.63, 3.8) is 0 Å². The molecule has 68 valence electrons. The van der Waals surface area contributed by atoms with E-state index >= 15 is 0 Å². The van der Waals surface area contributed by atoms with Crippen LogP contribution in [-0.4, -0.2) is 17.9 Å². The summed E-state index contributed by atoms with van der Waals surface area (Å²) >= 11 is 0. The number of carbonyl (C=O) groups is 1. The van der Waals surface area contributed by atoms with Crippen molar-refractivity contribution in [2.75, 3.05) is 12.8 Å². The zero-order chi connectivity index (χ0) is 9.42. The second kappa shape index (κ2) is 2.76. The molecule has 0 aliphatic carbocycles. The molecule has 1 aliphatic heterocycles. The van der Waals surface area contributed by atoms with Crippen molar-refractivity contribution < 1.29 is 4.79 Å². The van der Waals surface area contributed by atoms with Gasteiger partial charge in [0.05, 0.1) is 6.42 Å². The molecule has 3 heteroatoms. The van der Waals surface area contributed by atoms with Crippen LogP contribution in [0.25, 0.3) is 0 Å². The Balaban J connectivity index is 2.48. The molecule has 3 nitrogen and oxygen atoms in total. The number of rotatable bonds is 0. The molecule has 1 aliphatic rings. The maximum atomic E-state index is 11.4. The molecule has 0 saturated carbocycles. The minimum atomic E-state index is 0.144. The van der Waals surface area contributed by atoms with Crippen molar-refractivity contribution in [2.45, 2.75) is 13.0 Å². The van der Waals surface area contributed by atoms with Crippen molar-refractivity contribution in [3.05, 3.63) is 29.3 Å². The molecule has 0 atom stereocenters. The zero-order valence-corrected chi connectivity index (χ0v) is 7.58. The van der Waals surface area contributed by atoms with E-state index in [-0.39, 0.29) is 5.91 Å². The molecule has 0 radical (unpaired) electrons. The Hall–Kier alpha value is -1.51. The second-order valence-corrected chi connectivity index (χ2v) is 3.41. The number of benzene rings is 1. The standard InChI is InChI=1S/C10H12N2O/c1-12-6-7-3-2-4-9(11)8(7)5-10(12)13/h2-4H,5-6,11H2,1H3. The van der Waals surface area contributed by atoms with Gasteiger partial charge < -0.3 is 10.6 Å². The van der Waals surface area contributed by atoms with E-state index in [1.54, 1.807) is 4.90 Å². The number of hydrogen-bond donors (Lipinski definition) is 1. The van der Waals surface area contributed by atoms with Crippen LogP contribution in [0.1, 0.15) is 11.1 Å². The maximum absolute atomic E-state index is 11.4. The van der Waals surface area contributed by atoms with Gasteiger partial charge in [-0.15, -0.1) is 0 Å². The molecule has 0 saturated heterocycles. The van der Waals surface area contributed by atoms with Gasteiger partial charge in [-0.3, -0.25) is 4.79 Å². The molecule has 0 unspecified atom stereocenters. The van der Waals surface area contributed by atoms with Crippen LogP contribution in [0.3, 0.4) is 0 Å². The van der Waals surface area contributed by atoms with E-state index in [9.17, 15) is 4.79 Å². The lowest BCUT2D eigenvalue weighted by Crippen LogP contribution is -2.33. The van der Waals surface area contributed by atoms with Gasteiger partial charge in [-0.25, -0.2) is 0 Å². The van der Waals surface area contributed by atoms with Crippen LogP contribution in [0.4, 0.5) is 5.69 Å². The molecule has 13 heavy (non-hydrogen) atoms. The van der Waals surface area contributed by atoms with Crippen LogP contribution in [0.15, 0.2) is 18.2 Å². The number of amides is 1. The molecular weight excluding hydrogens is 164 g/mol. The van der Waals surface area contributed by atoms with Gasteiger partial charge >= 0.3 is 0 Å². The quantitative estimate of drug-likeness (QED) is 0.594. The van der Waals surface area contributed by atoms with Crippen LogP contribution in [0, 0.1) is 0 Å². The topological polar surface area (TPSA) is 46.3 Å². The van der Waals surface area contributed by atoms with E-state index in [1.165, 1.54) is 5.56 Å². The van der Waals surface area contributed by atoms with Gasteiger partial charge in [-0.2, -0.15) is 0 Å². The van der Waals surface area contributed by atoms with Crippen molar-refractivity contribution in [1.82, 2.24) is 4.90 Å². The Kier molecular flexibility index (Phi) is 1.72. The molecule has 1 aromatic carbocycles. The molecular formula is C10H12N2O. The molecule has 2 rings (SSSR count). The highest BCUT2D eigenvalue weighted by molar-refractivity contribution is 5.82. The number of fused-ring (bicyclic) bond motifs is 1. The Labute approximate surface area is 77.1 Å². The van der Waals surface area contributed by atoms with Crippen molar-refractivity contribution in [3.8, 4) is 0 Å². The largest absolute Gasteiger partial charge is 0.398 e. The number of nitrogens with two attached hydrogens (primary N) is 1. The lowest BCUT2D eigenvalue weighted by atomic mass is 9.98. The Bertz CT molecular complexity index is 360. The average Bonchev–Trinajstić information content (AvgIpc) is 2.09. The summed E-state index contributed by atoms with van der Waals surface area (Å²) in [6.45, 7) is 0.680. The Morgan fingerprint density at radius 3 is 3.00 bits per heavy atom. The van der Waals surface area contributed by atoms with Crippen molar-refractivity contribution in [1.29, 1.82) is 0 Å². The molecule has 0 spiro atoms. The fraction of sp³-hybridized carbons (Fsp3) is 0.300. The fourth-order valence-corrected chi connectivity index (χ4v) is 1.65. The number of nitrogen functional groups attached to an aromatic ring is 1. The summed E-state index contributed by atoms with van der Waals surface area (Å²) in [6, 6.07) is 5.80. The van der Waals surface area contributed by atoms with Crippen LogP contribution in [0.2, 0.25) is 0 Å². The summed E-state index contributed by atoms with van der Waals surface area (Å²) in [4.78, 5) is 13.1. The molecule has 0 aromatic heterocycles. The maximum Gasteiger partial charge on any atom is 0.227 e. The third-order valence-electron chi connectivity index (χ3n) is 2.47. The summed E-state index contributed by atoms with van der Waals surface area (Å²) in [5.74, 6) is 0.144. The number of carbonyl (C=O) groups excluding carboxylic acids is 1. The molecule has 1 heterocycles. The zero-order valence-electron chi connectivity index (χ0n) is 7.58. The van der Waals surface area contributed by atoms with E-state index < -0.39 is 0 Å². The van der Waals surface area contributed by atoms with Gasteiger partial charge in [-0.1, -0.05) is 12.1 Å². The van der Waals surface area contributed by atoms with E-state index in [4.69, 9.17) is 5.73 Å². The van der Waals surface area contributed by atoms with Gasteiger partial charge in [0.1, 0.15) is 0 Å². The van der Waals surface area contributed by atoms with Crippen molar-refractivity contribution >= 4 is 11.6 Å². The summed E-state index contributed by atoms with van der Waals surface area (Å²) in [5, 5.41) is 0. The summed E-state index contributed by atoms with van der Waals surface area (Å²) in [6.07, 6.45) is 0.443. The van der Waals surface area contributed by atoms with Crippen LogP contribution in [-0.2, 0) is 17.8 Å². The third kappa shape index (κ3) is 1.26. The average molecular weight is 176 g/mol. The lowest BCUT2D eigenvalue weighted by molar-refractivity contribution is -0.130. The smallest absolute Gasteiger partial charge is 0.227 e. The first kappa shape index (κ1) is 8.10. The van der Waals surface area contributed by atoms with E-state index in [0.717, 1.165) is 11.3 Å². The second-order valence-electron chi connectivity index (χ2n) is 3.41. The highest BCUT2D eigenvalue weighted by atomic mass is 16.2. The van der Waals surface area contributed by atoms with Crippen LogP contribution in [0.5, 0.6) is 0 Å². The predicted molar refractivity (Wildman–Crippen MR) is 51.0 cm³/mol.